The van der Waals surface area contributed by atoms with E-state index in [0.717, 1.165) is 31.8 Å². The van der Waals surface area contributed by atoms with Gasteiger partial charge in [-0.2, -0.15) is 0 Å². The van der Waals surface area contributed by atoms with Gasteiger partial charge in [-0.25, -0.2) is 18.4 Å². The maximum absolute atomic E-state index is 17.3. The third-order valence-corrected chi connectivity index (χ3v) is 11.7. The van der Waals surface area contributed by atoms with Crippen LogP contribution in [0.5, 0.6) is 0 Å². The van der Waals surface area contributed by atoms with E-state index >= 15 is 8.78 Å². The number of hydrogen-bond donors (Lipinski definition) is 2. The molecule has 7 nitrogen and oxygen atoms in total. The quantitative estimate of drug-likeness (QED) is 0.505. The van der Waals surface area contributed by atoms with Gasteiger partial charge in [0.25, 0.3) is 0 Å². The molecule has 0 saturated heterocycles. The molecule has 12 atom stereocenters. The normalized spacial score (nSPS) is 52.6. The van der Waals surface area contributed by atoms with Crippen molar-refractivity contribution in [2.45, 2.75) is 95.4 Å². The highest BCUT2D eigenvalue weighted by atomic mass is 19.1. The van der Waals surface area contributed by atoms with Gasteiger partial charge in [0.05, 0.1) is 6.10 Å². The lowest BCUT2D eigenvalue weighted by Crippen LogP contribution is -2.71. The molecule has 0 unspecified atom stereocenters. The molecule has 6 aliphatic carbocycles. The maximum Gasteiger partial charge on any atom is 0.509 e. The third kappa shape index (κ3) is 3.05. The van der Waals surface area contributed by atoms with E-state index in [4.69, 9.17) is 9.47 Å². The third-order valence-electron chi connectivity index (χ3n) is 11.7. The number of halogens is 2. The van der Waals surface area contributed by atoms with Gasteiger partial charge in [-0.3, -0.25) is 4.79 Å². The first kappa shape index (κ1) is 26.0. The first-order valence-electron chi connectivity index (χ1n) is 13.9. The van der Waals surface area contributed by atoms with Crippen LogP contribution in [0.1, 0.15) is 65.7 Å². The smallest absolute Gasteiger partial charge is 0.478 e. The van der Waals surface area contributed by atoms with Crippen molar-refractivity contribution in [1.82, 2.24) is 0 Å². The van der Waals surface area contributed by atoms with Gasteiger partial charge in [0.2, 0.25) is 5.60 Å². The van der Waals surface area contributed by atoms with E-state index in [1.165, 1.54) is 19.1 Å². The summed E-state index contributed by atoms with van der Waals surface area (Å²) < 4.78 is 44.4. The number of allylic oxidation sites excluding steroid dienone is 4. The van der Waals surface area contributed by atoms with Crippen molar-refractivity contribution in [2.24, 2.45) is 40.4 Å². The minimum absolute atomic E-state index is 0.00707. The van der Waals surface area contributed by atoms with Crippen LogP contribution in [0.2, 0.25) is 0 Å². The van der Waals surface area contributed by atoms with E-state index < -0.39 is 70.0 Å². The van der Waals surface area contributed by atoms with Gasteiger partial charge in [-0.1, -0.05) is 19.9 Å². The average molecular weight is 535 g/mol. The molecule has 0 heterocycles. The van der Waals surface area contributed by atoms with E-state index in [-0.39, 0.29) is 36.9 Å². The number of carbonyl (C=O) groups is 3. The fraction of sp³-hybridized carbons (Fsp3) is 0.759. The Bertz CT molecular complexity index is 1150. The molecule has 6 rings (SSSR count). The summed E-state index contributed by atoms with van der Waals surface area (Å²) in [5.41, 5.74) is -7.34. The van der Waals surface area contributed by atoms with Crippen molar-refractivity contribution >= 4 is 17.9 Å². The van der Waals surface area contributed by atoms with Crippen LogP contribution < -0.4 is 0 Å². The number of ether oxygens (including phenoxy) is 2. The molecule has 208 valence electrons. The first-order chi connectivity index (χ1) is 17.8. The highest BCUT2D eigenvalue weighted by molar-refractivity contribution is 6.01. The Labute approximate surface area is 220 Å². The summed E-state index contributed by atoms with van der Waals surface area (Å²) in [6, 6.07) is 0. The fourth-order valence-electron chi connectivity index (χ4n) is 9.85. The van der Waals surface area contributed by atoms with Crippen molar-refractivity contribution in [3.63, 3.8) is 0 Å². The molecule has 5 fully saturated rings. The minimum atomic E-state index is -2.33. The summed E-state index contributed by atoms with van der Waals surface area (Å²) in [5, 5.41) is 22.0. The van der Waals surface area contributed by atoms with Crippen molar-refractivity contribution in [2.75, 3.05) is 0 Å². The Morgan fingerprint density at radius 3 is 2.47 bits per heavy atom. The van der Waals surface area contributed by atoms with Crippen molar-refractivity contribution in [1.29, 1.82) is 0 Å². The van der Waals surface area contributed by atoms with Gasteiger partial charge in [-0.05, 0) is 87.3 Å². The van der Waals surface area contributed by atoms with E-state index in [1.807, 2.05) is 0 Å². The van der Waals surface area contributed by atoms with E-state index in [2.05, 4.69) is 0 Å². The first-order valence-corrected chi connectivity index (χ1v) is 13.9. The zero-order chi connectivity index (χ0) is 27.4. The van der Waals surface area contributed by atoms with Gasteiger partial charge in [0.1, 0.15) is 12.3 Å². The highest BCUT2D eigenvalue weighted by Crippen LogP contribution is 2.71. The topological polar surface area (TPSA) is 110 Å². The van der Waals surface area contributed by atoms with Gasteiger partial charge in [-0.15, -0.1) is 0 Å². The molecule has 6 aliphatic rings. The number of aliphatic hydroxyl groups excluding tert-OH is 1. The van der Waals surface area contributed by atoms with Gasteiger partial charge < -0.3 is 19.7 Å². The molecule has 38 heavy (non-hydrogen) atoms. The largest absolute Gasteiger partial charge is 0.509 e. The second-order valence-corrected chi connectivity index (χ2v) is 13.2. The summed E-state index contributed by atoms with van der Waals surface area (Å²) in [6.07, 6.45) is 2.39. The number of carbonyl (C=O) groups excluding carboxylic acids is 2. The Morgan fingerprint density at radius 1 is 1.11 bits per heavy atom. The summed E-state index contributed by atoms with van der Waals surface area (Å²) in [7, 11) is 0. The van der Waals surface area contributed by atoms with Crippen molar-refractivity contribution in [3.05, 3.63) is 23.8 Å². The summed E-state index contributed by atoms with van der Waals surface area (Å²) >= 11 is 0. The monoisotopic (exact) mass is 534 g/mol. The fourth-order valence-corrected chi connectivity index (χ4v) is 9.85. The van der Waals surface area contributed by atoms with Crippen LogP contribution in [-0.4, -0.2) is 57.8 Å². The Kier molecular flexibility index (Phi) is 5.54. The molecule has 0 amide bonds. The number of ketones is 1. The van der Waals surface area contributed by atoms with Gasteiger partial charge in [0, 0.05) is 22.7 Å². The summed E-state index contributed by atoms with van der Waals surface area (Å²) in [6.45, 7) is 4.76. The molecular weight excluding hydrogens is 498 g/mol. The van der Waals surface area contributed by atoms with Crippen LogP contribution in [0.4, 0.5) is 13.6 Å². The number of rotatable bonds is 3. The number of carboxylic acid groups (broad SMARTS) is 1. The highest BCUT2D eigenvalue weighted by Gasteiger charge is 2.78. The Morgan fingerprint density at radius 2 is 1.84 bits per heavy atom. The van der Waals surface area contributed by atoms with Crippen LogP contribution >= 0.6 is 0 Å². The lowest BCUT2D eigenvalue weighted by molar-refractivity contribution is -0.232. The Hall–Kier alpha value is -2.29. The van der Waals surface area contributed by atoms with Gasteiger partial charge >= 0.3 is 12.1 Å². The van der Waals surface area contributed by atoms with Crippen LogP contribution in [0.3, 0.4) is 0 Å². The van der Waals surface area contributed by atoms with E-state index in [1.54, 1.807) is 13.8 Å². The number of carboxylic acids is 1. The number of alkyl halides is 2. The average Bonchev–Trinajstić information content (AvgIpc) is 3.51. The molecule has 0 aromatic rings. The second kappa shape index (κ2) is 8.12. The molecule has 0 aromatic heterocycles. The second-order valence-electron chi connectivity index (χ2n) is 13.2. The molecule has 0 radical (unpaired) electrons. The lowest BCUT2D eigenvalue weighted by Gasteiger charge is -2.62. The SMILES string of the molecule is C[C@@H]1C[C@H]2[C@@H]3C[C@H](F)C4=CC(=O)C=C[C@]4(C)[C@@]3(F)[C@@H](O)C[C@]2(C)[C@@]1(OC(=O)O[C@@H]1C[C@H]2CC[C@@H]1C2)C(=O)O. The molecule has 5 saturated carbocycles. The number of hydrogen-bond acceptors (Lipinski definition) is 6. The maximum atomic E-state index is 17.3. The Balaban J connectivity index is 1.36. The zero-order valence-electron chi connectivity index (χ0n) is 22.0. The number of aliphatic carboxylic acids is 1. The number of fused-ring (bicyclic) bond motifs is 7. The van der Waals surface area contributed by atoms with Crippen LogP contribution in [-0.2, 0) is 19.1 Å². The molecular formula is C29H36F2O7. The zero-order valence-corrected chi connectivity index (χ0v) is 22.0. The van der Waals surface area contributed by atoms with Crippen molar-refractivity contribution in [3.8, 4) is 0 Å². The molecule has 2 N–H and O–H groups in total. The lowest BCUT2D eigenvalue weighted by atomic mass is 9.44. The summed E-state index contributed by atoms with van der Waals surface area (Å²) in [5.74, 6) is -3.53. The molecule has 0 aliphatic heterocycles. The summed E-state index contributed by atoms with van der Waals surface area (Å²) in [4.78, 5) is 38.1. The number of aliphatic hydroxyl groups is 1. The van der Waals surface area contributed by atoms with E-state index in [9.17, 15) is 24.6 Å². The van der Waals surface area contributed by atoms with Crippen LogP contribution in [0.25, 0.3) is 0 Å². The molecule has 2 bridgehead atoms. The molecule has 0 spiro atoms. The molecule has 0 aromatic carbocycles. The molecule has 9 heteroatoms. The minimum Gasteiger partial charge on any atom is -0.478 e. The van der Waals surface area contributed by atoms with Crippen molar-refractivity contribution < 1.29 is 42.9 Å². The predicted octanol–water partition coefficient (Wildman–Crippen LogP) is 4.72. The van der Waals surface area contributed by atoms with Crippen LogP contribution in [0.15, 0.2) is 23.8 Å². The van der Waals surface area contributed by atoms with E-state index in [0.29, 0.717) is 5.92 Å². The van der Waals surface area contributed by atoms with Gasteiger partial charge in [0.15, 0.2) is 11.5 Å². The standard InChI is InChI=1S/C29H36F2O7/c1-14-8-18-19-12-21(30)20-11-17(32)6-7-26(20,2)28(19,31)23(33)13-27(18,3)29(14,24(34)35)38-25(36)37-22-10-15-4-5-16(22)9-15/h6-7,11,14-16,18-19,21-23,33H,4-5,8-10,12-13H2,1-3H3,(H,34,35)/t14-,15+,16-,18+,19+,21+,22-,23+,26+,27+,28+,29+/m1/s1. The predicted molar refractivity (Wildman–Crippen MR) is 130 cm³/mol. The van der Waals surface area contributed by atoms with Crippen LogP contribution in [0, 0.1) is 40.4 Å².